The second-order valence-electron chi connectivity index (χ2n) is 4.63. The van der Waals surface area contributed by atoms with E-state index in [0.29, 0.717) is 0 Å². The van der Waals surface area contributed by atoms with Crippen LogP contribution in [0.25, 0.3) is 0 Å². The van der Waals surface area contributed by atoms with Gasteiger partial charge >= 0.3 is 6.09 Å². The number of aryl methyl sites for hydroxylation is 1. The minimum absolute atomic E-state index is 0.520. The Hall–Kier alpha value is -1.71. The Kier molecular flexibility index (Phi) is 4.37. The van der Waals surface area contributed by atoms with Crippen LogP contribution < -0.4 is 11.1 Å². The largest absolute Gasteiger partial charge is 0.444 e. The molecule has 94 valence electrons. The molecule has 1 aromatic carbocycles. The predicted octanol–water partition coefficient (Wildman–Crippen LogP) is 2.53. The van der Waals surface area contributed by atoms with Crippen molar-refractivity contribution in [2.45, 2.75) is 32.3 Å². The van der Waals surface area contributed by atoms with Crippen molar-refractivity contribution >= 4 is 11.8 Å². The first-order valence-corrected chi connectivity index (χ1v) is 5.68. The molecule has 0 aromatic heterocycles. The summed E-state index contributed by atoms with van der Waals surface area (Å²) in [5.74, 6) is 0. The summed E-state index contributed by atoms with van der Waals surface area (Å²) in [4.78, 5) is 10.7. The molecule has 3 N–H and O–H groups in total. The third kappa shape index (κ3) is 4.76. The van der Waals surface area contributed by atoms with E-state index in [0.717, 1.165) is 18.5 Å². The summed E-state index contributed by atoms with van der Waals surface area (Å²) in [5.41, 5.74) is 6.79. The van der Waals surface area contributed by atoms with E-state index < -0.39 is 11.7 Å². The van der Waals surface area contributed by atoms with E-state index in [4.69, 9.17) is 10.5 Å². The normalized spacial score (nSPS) is 11.0. The molecule has 0 bridgehead atoms. The van der Waals surface area contributed by atoms with E-state index in [2.05, 4.69) is 17.4 Å². The summed E-state index contributed by atoms with van der Waals surface area (Å²) >= 11 is 0. The van der Waals surface area contributed by atoms with Crippen LogP contribution in [0.4, 0.5) is 10.5 Å². The van der Waals surface area contributed by atoms with Gasteiger partial charge in [-0.25, -0.2) is 4.79 Å². The topological polar surface area (TPSA) is 64.3 Å². The highest BCUT2D eigenvalue weighted by Gasteiger charge is 2.21. The smallest absolute Gasteiger partial charge is 0.405 e. The Balaban J connectivity index is 2.51. The first-order chi connectivity index (χ1) is 7.93. The van der Waals surface area contributed by atoms with E-state index in [1.807, 2.05) is 33.0 Å². The number of carbonyl (C=O) groups excluding carboxylic acids is 1. The summed E-state index contributed by atoms with van der Waals surface area (Å²) < 4.78 is 5.03. The third-order valence-corrected chi connectivity index (χ3v) is 2.64. The molecule has 0 unspecified atom stereocenters. The molecule has 0 aliphatic carbocycles. The van der Waals surface area contributed by atoms with E-state index in [1.54, 1.807) is 0 Å². The van der Waals surface area contributed by atoms with Gasteiger partial charge in [-0.15, -0.1) is 0 Å². The van der Waals surface area contributed by atoms with Crippen LogP contribution in [0, 0.1) is 0 Å². The molecular weight excluding hydrogens is 216 g/mol. The van der Waals surface area contributed by atoms with E-state index in [1.165, 1.54) is 5.56 Å². The number of anilines is 1. The zero-order chi connectivity index (χ0) is 12.9. The Morgan fingerprint density at radius 2 is 1.94 bits per heavy atom. The van der Waals surface area contributed by atoms with Gasteiger partial charge in [-0.1, -0.05) is 12.1 Å². The van der Waals surface area contributed by atoms with Crippen molar-refractivity contribution in [3.8, 4) is 0 Å². The molecule has 0 fully saturated rings. The molecule has 0 radical (unpaired) electrons. The number of rotatable bonds is 5. The number of nitrogens with one attached hydrogen (secondary N) is 1. The monoisotopic (exact) mass is 236 g/mol. The highest BCUT2D eigenvalue weighted by atomic mass is 16.6. The SMILES string of the molecule is CNc1ccc(CCC(C)(C)OC(N)=O)cc1. The third-order valence-electron chi connectivity index (χ3n) is 2.64. The summed E-state index contributed by atoms with van der Waals surface area (Å²) in [6.07, 6.45) is 0.875. The van der Waals surface area contributed by atoms with Crippen LogP contribution in [0.1, 0.15) is 25.8 Å². The molecule has 1 amide bonds. The molecule has 17 heavy (non-hydrogen) atoms. The molecular formula is C13H20N2O2. The van der Waals surface area contributed by atoms with Crippen molar-refractivity contribution in [1.82, 2.24) is 0 Å². The molecule has 0 aliphatic rings. The Bertz CT molecular complexity index is 372. The van der Waals surface area contributed by atoms with Gasteiger partial charge in [0.05, 0.1) is 0 Å². The molecule has 0 aliphatic heterocycles. The molecule has 0 saturated carbocycles. The summed E-state index contributed by atoms with van der Waals surface area (Å²) in [6, 6.07) is 8.17. The highest BCUT2D eigenvalue weighted by molar-refractivity contribution is 5.65. The van der Waals surface area contributed by atoms with Gasteiger partial charge in [0.1, 0.15) is 5.60 Å². The van der Waals surface area contributed by atoms with Crippen molar-refractivity contribution in [2.75, 3.05) is 12.4 Å². The highest BCUT2D eigenvalue weighted by Crippen LogP contribution is 2.18. The minimum Gasteiger partial charge on any atom is -0.444 e. The number of hydrogen-bond acceptors (Lipinski definition) is 3. The van der Waals surface area contributed by atoms with Crippen LogP contribution >= 0.6 is 0 Å². The first-order valence-electron chi connectivity index (χ1n) is 5.68. The van der Waals surface area contributed by atoms with Crippen molar-refractivity contribution < 1.29 is 9.53 Å². The van der Waals surface area contributed by atoms with Gasteiger partial charge < -0.3 is 15.8 Å². The number of amides is 1. The fraction of sp³-hybridized carbons (Fsp3) is 0.462. The van der Waals surface area contributed by atoms with Crippen LogP contribution in [-0.2, 0) is 11.2 Å². The lowest BCUT2D eigenvalue weighted by atomic mass is 9.98. The maximum Gasteiger partial charge on any atom is 0.405 e. The second kappa shape index (κ2) is 5.57. The lowest BCUT2D eigenvalue weighted by Crippen LogP contribution is -2.31. The van der Waals surface area contributed by atoms with Gasteiger partial charge in [-0.2, -0.15) is 0 Å². The molecule has 0 saturated heterocycles. The molecule has 0 spiro atoms. The maximum atomic E-state index is 10.7. The summed E-state index contributed by atoms with van der Waals surface area (Å²) in [6.45, 7) is 3.72. The summed E-state index contributed by atoms with van der Waals surface area (Å²) in [5, 5.41) is 3.07. The molecule has 4 nitrogen and oxygen atoms in total. The lowest BCUT2D eigenvalue weighted by Gasteiger charge is -2.23. The second-order valence-corrected chi connectivity index (χ2v) is 4.63. The molecule has 0 atom stereocenters. The minimum atomic E-state index is -0.722. The van der Waals surface area contributed by atoms with Gasteiger partial charge in [0.2, 0.25) is 0 Å². The van der Waals surface area contributed by atoms with Crippen LogP contribution in [-0.4, -0.2) is 18.7 Å². The molecule has 0 heterocycles. The van der Waals surface area contributed by atoms with Crippen LogP contribution in [0.15, 0.2) is 24.3 Å². The van der Waals surface area contributed by atoms with E-state index in [-0.39, 0.29) is 0 Å². The van der Waals surface area contributed by atoms with Gasteiger partial charge in [0.15, 0.2) is 0 Å². The number of hydrogen-bond donors (Lipinski definition) is 2. The van der Waals surface area contributed by atoms with E-state index >= 15 is 0 Å². The number of primary amides is 1. The standard InChI is InChI=1S/C13H20N2O2/c1-13(2,17-12(14)16)9-8-10-4-6-11(15-3)7-5-10/h4-7,15H,8-9H2,1-3H3,(H2,14,16). The van der Waals surface area contributed by atoms with Crippen molar-refractivity contribution in [1.29, 1.82) is 0 Å². The molecule has 1 aromatic rings. The quantitative estimate of drug-likeness (QED) is 0.825. The van der Waals surface area contributed by atoms with Gasteiger partial charge in [-0.05, 0) is 44.4 Å². The van der Waals surface area contributed by atoms with Crippen molar-refractivity contribution in [3.05, 3.63) is 29.8 Å². The fourth-order valence-corrected chi connectivity index (χ4v) is 1.61. The van der Waals surface area contributed by atoms with Gasteiger partial charge in [-0.3, -0.25) is 0 Å². The molecule has 1 rings (SSSR count). The predicted molar refractivity (Wildman–Crippen MR) is 69.1 cm³/mol. The van der Waals surface area contributed by atoms with Crippen molar-refractivity contribution in [2.24, 2.45) is 5.73 Å². The lowest BCUT2D eigenvalue weighted by molar-refractivity contribution is 0.0394. The van der Waals surface area contributed by atoms with Gasteiger partial charge in [0.25, 0.3) is 0 Å². The average Bonchev–Trinajstić information content (AvgIpc) is 2.25. The molecule has 4 heteroatoms. The summed E-state index contributed by atoms with van der Waals surface area (Å²) in [7, 11) is 1.89. The Morgan fingerprint density at radius 1 is 1.35 bits per heavy atom. The number of benzene rings is 1. The average molecular weight is 236 g/mol. The van der Waals surface area contributed by atoms with Crippen molar-refractivity contribution in [3.63, 3.8) is 0 Å². The Labute approximate surface area is 102 Å². The van der Waals surface area contributed by atoms with Crippen LogP contribution in [0.2, 0.25) is 0 Å². The number of carbonyl (C=O) groups is 1. The zero-order valence-corrected chi connectivity index (χ0v) is 10.6. The zero-order valence-electron chi connectivity index (χ0n) is 10.6. The maximum absolute atomic E-state index is 10.7. The number of nitrogens with two attached hydrogens (primary N) is 1. The van der Waals surface area contributed by atoms with Crippen LogP contribution in [0.3, 0.4) is 0 Å². The first kappa shape index (κ1) is 13.4. The van der Waals surface area contributed by atoms with E-state index in [9.17, 15) is 4.79 Å². The fourth-order valence-electron chi connectivity index (χ4n) is 1.61. The van der Waals surface area contributed by atoms with Gasteiger partial charge in [0, 0.05) is 12.7 Å². The number of ether oxygens (including phenoxy) is 1. The Morgan fingerprint density at radius 3 is 2.41 bits per heavy atom. The van der Waals surface area contributed by atoms with Crippen LogP contribution in [0.5, 0.6) is 0 Å².